The molecule has 0 amide bonds. The normalized spacial score (nSPS) is 11.4. The minimum absolute atomic E-state index is 0.631. The van der Waals surface area contributed by atoms with Crippen LogP contribution in [0.25, 0.3) is 0 Å². The molecular weight excluding hydrogens is 328 g/mol. The summed E-state index contributed by atoms with van der Waals surface area (Å²) < 4.78 is 13.0. The number of aryl methyl sites for hydroxylation is 2. The summed E-state index contributed by atoms with van der Waals surface area (Å²) in [5.74, 6) is 1.72. The molecule has 2 aromatic carbocycles. The van der Waals surface area contributed by atoms with Crippen LogP contribution in [0, 0.1) is 13.8 Å². The molecular formula is C20H30N2O2Si. The summed E-state index contributed by atoms with van der Waals surface area (Å²) in [4.78, 5) is 0. The molecule has 0 saturated carbocycles. The molecule has 5 heteroatoms. The summed E-state index contributed by atoms with van der Waals surface area (Å²) >= 11 is 0. The Kier molecular flexibility index (Phi) is 7.49. The molecule has 0 aliphatic rings. The van der Waals surface area contributed by atoms with Gasteiger partial charge in [-0.3, -0.25) is 0 Å². The number of rotatable bonds is 10. The molecule has 0 bridgehead atoms. The molecule has 0 atom stereocenters. The maximum absolute atomic E-state index is 6.50. The molecule has 0 heterocycles. The van der Waals surface area contributed by atoms with Gasteiger partial charge in [0.25, 0.3) is 0 Å². The second-order valence-electron chi connectivity index (χ2n) is 6.53. The molecule has 0 saturated heterocycles. The van der Waals surface area contributed by atoms with Gasteiger partial charge in [-0.1, -0.05) is 35.4 Å². The number of hydrogen-bond donors (Lipinski definition) is 2. The molecule has 0 aromatic heterocycles. The second kappa shape index (κ2) is 9.61. The van der Waals surface area contributed by atoms with Gasteiger partial charge < -0.3 is 20.3 Å². The molecule has 2 rings (SSSR count). The molecule has 0 radical (unpaired) electrons. The van der Waals surface area contributed by atoms with Gasteiger partial charge in [-0.2, -0.15) is 0 Å². The van der Waals surface area contributed by atoms with Gasteiger partial charge >= 0.3 is 8.56 Å². The lowest BCUT2D eigenvalue weighted by Crippen LogP contribution is -2.49. The van der Waals surface area contributed by atoms with E-state index in [1.807, 2.05) is 24.3 Å². The quantitative estimate of drug-likeness (QED) is 0.632. The van der Waals surface area contributed by atoms with Gasteiger partial charge in [-0.15, -0.1) is 0 Å². The van der Waals surface area contributed by atoms with E-state index in [-0.39, 0.29) is 0 Å². The van der Waals surface area contributed by atoms with Crippen LogP contribution in [0.4, 0.5) is 0 Å². The van der Waals surface area contributed by atoms with Gasteiger partial charge in [0.1, 0.15) is 11.5 Å². The summed E-state index contributed by atoms with van der Waals surface area (Å²) in [5.41, 5.74) is 14.0. The Hall–Kier alpha value is -1.82. The van der Waals surface area contributed by atoms with Crippen LogP contribution in [0.1, 0.15) is 24.0 Å². The smallest absolute Gasteiger partial charge is 0.460 e. The minimum Gasteiger partial charge on any atom is -0.512 e. The fraction of sp³-hybridized carbons (Fsp3) is 0.400. The van der Waals surface area contributed by atoms with E-state index in [9.17, 15) is 0 Å². The molecule has 0 unspecified atom stereocenters. The van der Waals surface area contributed by atoms with Crippen LogP contribution in [-0.4, -0.2) is 21.7 Å². The van der Waals surface area contributed by atoms with Crippen molar-refractivity contribution in [1.82, 2.24) is 0 Å². The van der Waals surface area contributed by atoms with Crippen LogP contribution in [0.3, 0.4) is 0 Å². The van der Waals surface area contributed by atoms with Gasteiger partial charge in [0.2, 0.25) is 0 Å². The fourth-order valence-electron chi connectivity index (χ4n) is 2.73. The first-order chi connectivity index (χ1) is 12.1. The minimum atomic E-state index is -2.51. The highest BCUT2D eigenvalue weighted by Gasteiger charge is 2.41. The topological polar surface area (TPSA) is 70.5 Å². The van der Waals surface area contributed by atoms with Crippen molar-refractivity contribution in [1.29, 1.82) is 0 Å². The van der Waals surface area contributed by atoms with Crippen molar-refractivity contribution < 1.29 is 8.85 Å². The van der Waals surface area contributed by atoms with Gasteiger partial charge in [0.15, 0.2) is 0 Å². The molecule has 0 spiro atoms. The first kappa shape index (κ1) is 19.5. The van der Waals surface area contributed by atoms with Crippen molar-refractivity contribution in [2.24, 2.45) is 11.5 Å². The van der Waals surface area contributed by atoms with Crippen molar-refractivity contribution in [2.75, 3.05) is 13.1 Å². The highest BCUT2D eigenvalue weighted by molar-refractivity contribution is 6.68. The van der Waals surface area contributed by atoms with Crippen LogP contribution in [-0.2, 0) is 0 Å². The summed E-state index contributed by atoms with van der Waals surface area (Å²) in [6.07, 6.45) is 1.77. The van der Waals surface area contributed by atoms with Crippen LogP contribution >= 0.6 is 0 Å². The van der Waals surface area contributed by atoms with Crippen LogP contribution in [0.15, 0.2) is 48.5 Å². The second-order valence-corrected chi connectivity index (χ2v) is 9.75. The first-order valence-electron chi connectivity index (χ1n) is 8.98. The number of nitrogens with two attached hydrogens (primary N) is 2. The van der Waals surface area contributed by atoms with E-state index in [4.69, 9.17) is 20.3 Å². The van der Waals surface area contributed by atoms with E-state index >= 15 is 0 Å². The van der Waals surface area contributed by atoms with E-state index in [1.165, 1.54) is 11.1 Å². The monoisotopic (exact) mass is 358 g/mol. The van der Waals surface area contributed by atoms with E-state index in [0.717, 1.165) is 36.4 Å². The standard InChI is InChI=1S/C20H30N2O2Si/c1-17-5-9-19(10-6-17)23-25(15-3-13-21,16-4-14-22)24-20-11-7-18(2)8-12-20/h5-12H,3-4,13-16,21-22H2,1-2H3. The third kappa shape index (κ3) is 6.19. The third-order valence-corrected chi connectivity index (χ3v) is 7.62. The molecule has 4 nitrogen and oxygen atoms in total. The third-order valence-electron chi connectivity index (χ3n) is 4.17. The lowest BCUT2D eigenvalue weighted by atomic mass is 10.2. The van der Waals surface area contributed by atoms with E-state index < -0.39 is 8.56 Å². The number of benzene rings is 2. The predicted molar refractivity (Wildman–Crippen MR) is 106 cm³/mol. The van der Waals surface area contributed by atoms with Gasteiger partial charge in [0.05, 0.1) is 0 Å². The van der Waals surface area contributed by atoms with E-state index in [1.54, 1.807) is 0 Å². The van der Waals surface area contributed by atoms with Crippen LogP contribution in [0.2, 0.25) is 12.1 Å². The molecule has 2 aromatic rings. The summed E-state index contributed by atoms with van der Waals surface area (Å²) in [6, 6.07) is 18.0. The van der Waals surface area contributed by atoms with Crippen molar-refractivity contribution in [3.05, 3.63) is 59.7 Å². The Morgan fingerprint density at radius 3 is 1.36 bits per heavy atom. The van der Waals surface area contributed by atoms with E-state index in [2.05, 4.69) is 38.1 Å². The molecule has 4 N–H and O–H groups in total. The highest BCUT2D eigenvalue weighted by Crippen LogP contribution is 2.28. The SMILES string of the molecule is Cc1ccc(O[Si](CCCN)(CCCN)Oc2ccc(C)cc2)cc1. The average molecular weight is 359 g/mol. The highest BCUT2D eigenvalue weighted by atomic mass is 28.4. The van der Waals surface area contributed by atoms with Gasteiger partial charge in [0, 0.05) is 12.1 Å². The fourth-order valence-corrected chi connectivity index (χ4v) is 6.05. The first-order valence-corrected chi connectivity index (χ1v) is 11.2. The molecule has 0 aliphatic heterocycles. The molecule has 25 heavy (non-hydrogen) atoms. The Morgan fingerprint density at radius 1 is 0.680 bits per heavy atom. The zero-order chi connectivity index (χ0) is 18.1. The lowest BCUT2D eigenvalue weighted by molar-refractivity contribution is 0.373. The Labute approximate surface area is 152 Å². The van der Waals surface area contributed by atoms with Crippen LogP contribution < -0.4 is 20.3 Å². The molecule has 136 valence electrons. The molecule has 0 fully saturated rings. The van der Waals surface area contributed by atoms with E-state index in [0.29, 0.717) is 13.1 Å². The largest absolute Gasteiger partial charge is 0.512 e. The van der Waals surface area contributed by atoms with Crippen molar-refractivity contribution >= 4 is 8.56 Å². The van der Waals surface area contributed by atoms with Gasteiger partial charge in [-0.05, 0) is 64.0 Å². The Bertz CT molecular complexity index is 572. The zero-order valence-corrected chi connectivity index (χ0v) is 16.3. The summed E-state index contributed by atoms with van der Waals surface area (Å²) in [7, 11) is -2.51. The van der Waals surface area contributed by atoms with Crippen molar-refractivity contribution in [2.45, 2.75) is 38.8 Å². The summed E-state index contributed by atoms with van der Waals surface area (Å²) in [5, 5.41) is 0. The van der Waals surface area contributed by atoms with Crippen molar-refractivity contribution in [3.8, 4) is 11.5 Å². The number of hydrogen-bond acceptors (Lipinski definition) is 4. The Balaban J connectivity index is 2.27. The zero-order valence-electron chi connectivity index (χ0n) is 15.3. The maximum atomic E-state index is 6.50. The van der Waals surface area contributed by atoms with Crippen molar-refractivity contribution in [3.63, 3.8) is 0 Å². The Morgan fingerprint density at radius 2 is 1.04 bits per heavy atom. The summed E-state index contributed by atoms with van der Waals surface area (Å²) in [6.45, 7) is 5.40. The lowest BCUT2D eigenvalue weighted by Gasteiger charge is -2.32. The maximum Gasteiger partial charge on any atom is 0.460 e. The average Bonchev–Trinajstić information content (AvgIpc) is 2.62. The molecule has 0 aliphatic carbocycles. The predicted octanol–water partition coefficient (Wildman–Crippen LogP) is 3.90. The van der Waals surface area contributed by atoms with Gasteiger partial charge in [-0.25, -0.2) is 0 Å². The van der Waals surface area contributed by atoms with Crippen LogP contribution in [0.5, 0.6) is 11.5 Å².